The second-order valence-electron chi connectivity index (χ2n) is 4.16. The summed E-state index contributed by atoms with van der Waals surface area (Å²) in [6.45, 7) is 3.98. The molecule has 0 aliphatic heterocycles. The van der Waals surface area contributed by atoms with E-state index in [1.165, 1.54) is 18.2 Å². The Morgan fingerprint density at radius 2 is 2.15 bits per heavy atom. The Bertz CT molecular complexity index is 497. The average molecular weight is 317 g/mol. The second kappa shape index (κ2) is 8.01. The van der Waals surface area contributed by atoms with E-state index in [9.17, 15) is 9.59 Å². The third kappa shape index (κ3) is 5.30. The lowest BCUT2D eigenvalue weighted by Crippen LogP contribution is -2.37. The van der Waals surface area contributed by atoms with Crippen LogP contribution in [0, 0.1) is 0 Å². The quantitative estimate of drug-likeness (QED) is 0.752. The molecule has 1 aromatic rings. The first-order valence-corrected chi connectivity index (χ1v) is 7.65. The van der Waals surface area contributed by atoms with Gasteiger partial charge in [0.15, 0.2) is 0 Å². The van der Waals surface area contributed by atoms with Gasteiger partial charge in [-0.2, -0.15) is 11.8 Å². The Labute approximate surface area is 127 Å². The molecule has 0 bridgehead atoms. The highest BCUT2D eigenvalue weighted by Gasteiger charge is 2.11. The molecule has 3 N–H and O–H groups in total. The minimum Gasteiger partial charge on any atom is -0.478 e. The summed E-state index contributed by atoms with van der Waals surface area (Å²) in [5.41, 5.74) is 0.457. The fraction of sp³-hybridized carbons (Fsp3) is 0.385. The average Bonchev–Trinajstić information content (AvgIpc) is 2.35. The van der Waals surface area contributed by atoms with Gasteiger partial charge in [-0.25, -0.2) is 9.59 Å². The number of thioether (sulfide) groups is 1. The molecule has 20 heavy (non-hydrogen) atoms. The molecule has 0 aliphatic rings. The van der Waals surface area contributed by atoms with Crippen LogP contribution < -0.4 is 10.6 Å². The van der Waals surface area contributed by atoms with Gasteiger partial charge in [-0.15, -0.1) is 0 Å². The molecule has 0 saturated carbocycles. The van der Waals surface area contributed by atoms with Crippen LogP contribution in [0.1, 0.15) is 24.2 Å². The number of benzene rings is 1. The van der Waals surface area contributed by atoms with Crippen molar-refractivity contribution < 1.29 is 14.7 Å². The molecule has 0 aromatic heterocycles. The molecule has 5 nitrogen and oxygen atoms in total. The van der Waals surface area contributed by atoms with E-state index in [0.717, 1.165) is 11.5 Å². The third-order valence-electron chi connectivity index (χ3n) is 2.41. The molecule has 0 fully saturated rings. The minimum absolute atomic E-state index is 0.00494. The van der Waals surface area contributed by atoms with Crippen LogP contribution in [-0.4, -0.2) is 34.7 Å². The maximum absolute atomic E-state index is 11.7. The molecule has 7 heteroatoms. The van der Waals surface area contributed by atoms with Crippen LogP contribution in [0.3, 0.4) is 0 Å². The van der Waals surface area contributed by atoms with Crippen molar-refractivity contribution in [2.24, 2.45) is 0 Å². The zero-order valence-corrected chi connectivity index (χ0v) is 12.8. The van der Waals surface area contributed by atoms with Crippen molar-refractivity contribution in [3.8, 4) is 0 Å². The number of carbonyl (C=O) groups excluding carboxylic acids is 1. The van der Waals surface area contributed by atoms with Crippen molar-refractivity contribution in [3.05, 3.63) is 28.8 Å². The first-order valence-electron chi connectivity index (χ1n) is 6.12. The molecule has 1 aromatic carbocycles. The normalized spacial score (nSPS) is 11.8. The largest absolute Gasteiger partial charge is 0.478 e. The van der Waals surface area contributed by atoms with Gasteiger partial charge in [0.05, 0.1) is 10.6 Å². The lowest BCUT2D eigenvalue weighted by atomic mass is 10.2. The number of nitrogens with one attached hydrogen (secondary N) is 2. The van der Waals surface area contributed by atoms with Gasteiger partial charge >= 0.3 is 12.0 Å². The van der Waals surface area contributed by atoms with E-state index in [2.05, 4.69) is 17.6 Å². The van der Waals surface area contributed by atoms with E-state index in [-0.39, 0.29) is 22.7 Å². The predicted octanol–water partition coefficient (Wildman–Crippen LogP) is 3.30. The number of aromatic carboxylic acids is 1. The van der Waals surface area contributed by atoms with Crippen molar-refractivity contribution in [1.29, 1.82) is 0 Å². The number of hydrogen-bond donors (Lipinski definition) is 3. The fourth-order valence-electron chi connectivity index (χ4n) is 1.49. The van der Waals surface area contributed by atoms with Crippen LogP contribution in [0.15, 0.2) is 18.2 Å². The number of halogens is 1. The van der Waals surface area contributed by atoms with Crippen LogP contribution in [0.2, 0.25) is 5.02 Å². The highest BCUT2D eigenvalue weighted by atomic mass is 35.5. The molecule has 0 heterocycles. The van der Waals surface area contributed by atoms with E-state index < -0.39 is 5.97 Å². The summed E-state index contributed by atoms with van der Waals surface area (Å²) in [4.78, 5) is 22.5. The highest BCUT2D eigenvalue weighted by molar-refractivity contribution is 7.99. The number of hydrogen-bond acceptors (Lipinski definition) is 3. The molecule has 1 atom stereocenters. The Kier molecular flexibility index (Phi) is 6.67. The van der Waals surface area contributed by atoms with Crippen molar-refractivity contribution in [3.63, 3.8) is 0 Å². The highest BCUT2D eigenvalue weighted by Crippen LogP contribution is 2.20. The molecule has 0 spiro atoms. The number of carboxylic acids is 1. The fourth-order valence-corrected chi connectivity index (χ4v) is 2.43. The van der Waals surface area contributed by atoms with Crippen molar-refractivity contribution in [2.75, 3.05) is 16.8 Å². The van der Waals surface area contributed by atoms with Gasteiger partial charge in [0, 0.05) is 17.5 Å². The minimum atomic E-state index is -1.10. The lowest BCUT2D eigenvalue weighted by molar-refractivity contribution is 0.0697. The van der Waals surface area contributed by atoms with Crippen molar-refractivity contribution in [1.82, 2.24) is 5.32 Å². The summed E-state index contributed by atoms with van der Waals surface area (Å²) in [5.74, 6) is 0.735. The zero-order chi connectivity index (χ0) is 15.1. The second-order valence-corrected chi connectivity index (χ2v) is 5.88. The van der Waals surface area contributed by atoms with Crippen LogP contribution in [0.4, 0.5) is 10.5 Å². The topological polar surface area (TPSA) is 78.4 Å². The number of amides is 2. The number of anilines is 1. The van der Waals surface area contributed by atoms with Crippen molar-refractivity contribution in [2.45, 2.75) is 19.9 Å². The van der Waals surface area contributed by atoms with Gasteiger partial charge in [0.1, 0.15) is 0 Å². The van der Waals surface area contributed by atoms with Crippen LogP contribution in [0.5, 0.6) is 0 Å². The van der Waals surface area contributed by atoms with E-state index in [1.54, 1.807) is 11.8 Å². The SMILES string of the molecule is CCSCC(C)NC(=O)Nc1ccc(C(=O)O)c(Cl)c1. The Morgan fingerprint density at radius 1 is 1.45 bits per heavy atom. The first-order chi connectivity index (χ1) is 9.43. The van der Waals surface area contributed by atoms with E-state index >= 15 is 0 Å². The molecule has 2 amide bonds. The molecule has 0 radical (unpaired) electrons. The van der Waals surface area contributed by atoms with Crippen molar-refractivity contribution >= 4 is 41.1 Å². The zero-order valence-electron chi connectivity index (χ0n) is 11.3. The Balaban J connectivity index is 2.58. The summed E-state index contributed by atoms with van der Waals surface area (Å²) < 4.78 is 0. The standard InChI is InChI=1S/C13H17ClN2O3S/c1-3-20-7-8(2)15-13(19)16-9-4-5-10(12(17)18)11(14)6-9/h4-6,8H,3,7H2,1-2H3,(H,17,18)(H2,15,16,19). The van der Waals surface area contributed by atoms with Gasteiger partial charge in [0.25, 0.3) is 0 Å². The number of urea groups is 1. The summed E-state index contributed by atoms with van der Waals surface area (Å²) >= 11 is 7.57. The maximum atomic E-state index is 11.7. The molecule has 0 aliphatic carbocycles. The molecule has 1 rings (SSSR count). The molecule has 110 valence electrons. The third-order valence-corrected chi connectivity index (χ3v) is 3.86. The van der Waals surface area contributed by atoms with Gasteiger partial charge < -0.3 is 15.7 Å². The molecular formula is C13H17ClN2O3S. The number of rotatable bonds is 6. The summed E-state index contributed by atoms with van der Waals surface area (Å²) in [5, 5.41) is 14.4. The van der Waals surface area contributed by atoms with E-state index in [4.69, 9.17) is 16.7 Å². The molecule has 0 saturated heterocycles. The summed E-state index contributed by atoms with van der Waals surface area (Å²) in [6.07, 6.45) is 0. The number of carbonyl (C=O) groups is 2. The van der Waals surface area contributed by atoms with E-state index in [0.29, 0.717) is 5.69 Å². The Hall–Kier alpha value is -1.40. The molecular weight excluding hydrogens is 300 g/mol. The summed E-state index contributed by atoms with van der Waals surface area (Å²) in [7, 11) is 0. The van der Waals surface area contributed by atoms with Crippen LogP contribution in [0.25, 0.3) is 0 Å². The number of carboxylic acid groups (broad SMARTS) is 1. The predicted molar refractivity (Wildman–Crippen MR) is 83.0 cm³/mol. The van der Waals surface area contributed by atoms with Gasteiger partial charge in [0.2, 0.25) is 0 Å². The van der Waals surface area contributed by atoms with Crippen LogP contribution in [-0.2, 0) is 0 Å². The smallest absolute Gasteiger partial charge is 0.337 e. The maximum Gasteiger partial charge on any atom is 0.337 e. The van der Waals surface area contributed by atoms with E-state index in [1.807, 2.05) is 6.92 Å². The first kappa shape index (κ1) is 16.7. The van der Waals surface area contributed by atoms with Crippen LogP contribution >= 0.6 is 23.4 Å². The lowest BCUT2D eigenvalue weighted by Gasteiger charge is -2.14. The van der Waals surface area contributed by atoms with Gasteiger partial charge in [-0.05, 0) is 30.9 Å². The summed E-state index contributed by atoms with van der Waals surface area (Å²) in [6, 6.07) is 3.98. The molecule has 1 unspecified atom stereocenters. The van der Waals surface area contributed by atoms with Gasteiger partial charge in [-0.3, -0.25) is 0 Å². The van der Waals surface area contributed by atoms with Gasteiger partial charge in [-0.1, -0.05) is 18.5 Å². The Morgan fingerprint density at radius 3 is 2.70 bits per heavy atom. The monoisotopic (exact) mass is 316 g/mol.